The molecule has 0 saturated heterocycles. The second kappa shape index (κ2) is 6.98. The van der Waals surface area contributed by atoms with Gasteiger partial charge in [0, 0.05) is 12.2 Å². The monoisotopic (exact) mass is 162 g/mol. The van der Waals surface area contributed by atoms with Crippen molar-refractivity contribution in [3.8, 4) is 24.7 Å². The number of carbonyl (C=O) groups excluding carboxylic acids is 1. The Kier molecular flexibility index (Phi) is 5.74. The quantitative estimate of drug-likeness (QED) is 0.350. The van der Waals surface area contributed by atoms with Gasteiger partial charge in [0.15, 0.2) is 0 Å². The molecule has 12 heavy (non-hydrogen) atoms. The van der Waals surface area contributed by atoms with Gasteiger partial charge in [-0.1, -0.05) is 11.8 Å². The largest absolute Gasteiger partial charge is 0.518 e. The third-order valence-electron chi connectivity index (χ3n) is 0.657. The maximum absolute atomic E-state index is 10.5. The van der Waals surface area contributed by atoms with Gasteiger partial charge in [0.2, 0.25) is 0 Å². The molecule has 3 nitrogen and oxygen atoms in total. The van der Waals surface area contributed by atoms with Gasteiger partial charge in [-0.25, -0.2) is 4.79 Å². The Morgan fingerprint density at radius 2 is 1.50 bits per heavy atom. The maximum Gasteiger partial charge on any atom is 0.518 e. The minimum atomic E-state index is -0.895. The van der Waals surface area contributed by atoms with E-state index in [-0.39, 0.29) is 0 Å². The molecular weight excluding hydrogens is 156 g/mol. The summed E-state index contributed by atoms with van der Waals surface area (Å²) < 4.78 is 8.65. The molecule has 0 saturated carbocycles. The van der Waals surface area contributed by atoms with Gasteiger partial charge in [-0.15, -0.1) is 12.8 Å². The van der Waals surface area contributed by atoms with Crippen LogP contribution in [0.3, 0.4) is 0 Å². The number of carbonyl (C=O) groups is 1. The fraction of sp³-hybridized carbons (Fsp3) is 0. The number of terminal acetylenes is 2. The molecular formula is C9H6O3. The number of hydrogen-bond acceptors (Lipinski definition) is 3. The van der Waals surface area contributed by atoms with E-state index in [0.29, 0.717) is 0 Å². The van der Waals surface area contributed by atoms with Crippen LogP contribution in [0.5, 0.6) is 0 Å². The molecule has 0 aliphatic carbocycles. The number of hydrogen-bond donors (Lipinski definition) is 0. The summed E-state index contributed by atoms with van der Waals surface area (Å²) in [7, 11) is 0. The van der Waals surface area contributed by atoms with Gasteiger partial charge in [0.1, 0.15) is 12.5 Å². The van der Waals surface area contributed by atoms with E-state index in [4.69, 9.17) is 12.8 Å². The Bertz CT molecular complexity index is 245. The zero-order chi connectivity index (χ0) is 9.23. The van der Waals surface area contributed by atoms with Crippen LogP contribution < -0.4 is 0 Å². The fourth-order valence-corrected chi connectivity index (χ4v) is 0.285. The Labute approximate surface area is 70.7 Å². The van der Waals surface area contributed by atoms with Crippen LogP contribution in [0, 0.1) is 24.7 Å². The molecule has 0 aromatic carbocycles. The smallest absolute Gasteiger partial charge is 0.402 e. The van der Waals surface area contributed by atoms with Crippen LogP contribution in [-0.4, -0.2) is 6.16 Å². The lowest BCUT2D eigenvalue weighted by atomic mass is 10.7. The van der Waals surface area contributed by atoms with Crippen molar-refractivity contribution in [1.82, 2.24) is 0 Å². The summed E-state index contributed by atoms with van der Waals surface area (Å²) in [6, 6.07) is 0. The highest BCUT2D eigenvalue weighted by Crippen LogP contribution is 1.86. The summed E-state index contributed by atoms with van der Waals surface area (Å²) in [5.74, 6) is 4.25. The molecule has 0 spiro atoms. The summed E-state index contributed by atoms with van der Waals surface area (Å²) in [6.07, 6.45) is 13.3. The Morgan fingerprint density at radius 1 is 1.08 bits per heavy atom. The predicted octanol–water partition coefficient (Wildman–Crippen LogP) is 1.43. The van der Waals surface area contributed by atoms with Crippen LogP contribution in [0.4, 0.5) is 4.79 Å². The molecule has 0 fully saturated rings. The van der Waals surface area contributed by atoms with Gasteiger partial charge in [-0.05, 0) is 0 Å². The lowest BCUT2D eigenvalue weighted by Gasteiger charge is -1.93. The van der Waals surface area contributed by atoms with Gasteiger partial charge in [0.05, 0.1) is 0 Å². The molecule has 0 radical (unpaired) electrons. The summed E-state index contributed by atoms with van der Waals surface area (Å²) in [5.41, 5.74) is 0. The van der Waals surface area contributed by atoms with E-state index in [2.05, 4.69) is 21.3 Å². The van der Waals surface area contributed by atoms with Crippen molar-refractivity contribution in [1.29, 1.82) is 0 Å². The molecule has 0 aliphatic rings. The molecule has 0 atom stereocenters. The standard InChI is InChI=1S/C9H6O3/c1-3-5-7-11-9(10)12-8-6-4-2/h1-2,5-8H. The van der Waals surface area contributed by atoms with Crippen molar-refractivity contribution in [2.75, 3.05) is 0 Å². The first-order valence-electron chi connectivity index (χ1n) is 2.91. The first-order chi connectivity index (χ1) is 5.81. The maximum atomic E-state index is 10.5. The van der Waals surface area contributed by atoms with Crippen molar-refractivity contribution < 1.29 is 14.3 Å². The highest BCUT2D eigenvalue weighted by atomic mass is 16.7. The van der Waals surface area contributed by atoms with Crippen molar-refractivity contribution in [2.24, 2.45) is 0 Å². The first kappa shape index (κ1) is 9.87. The number of rotatable bonds is 2. The lowest BCUT2D eigenvalue weighted by Crippen LogP contribution is -1.97. The molecule has 60 valence electrons. The topological polar surface area (TPSA) is 35.5 Å². The molecule has 0 N–H and O–H groups in total. The molecule has 0 aromatic rings. The third-order valence-corrected chi connectivity index (χ3v) is 0.657. The average molecular weight is 162 g/mol. The van der Waals surface area contributed by atoms with Crippen LogP contribution in [-0.2, 0) is 9.47 Å². The van der Waals surface area contributed by atoms with E-state index in [1.165, 1.54) is 12.2 Å². The lowest BCUT2D eigenvalue weighted by molar-refractivity contribution is 0.120. The molecule has 0 unspecified atom stereocenters. The third kappa shape index (κ3) is 6.00. The minimum Gasteiger partial charge on any atom is -0.402 e. The second-order valence-corrected chi connectivity index (χ2v) is 1.42. The first-order valence-corrected chi connectivity index (χ1v) is 2.91. The number of ether oxygens (including phenoxy) is 2. The fourth-order valence-electron chi connectivity index (χ4n) is 0.285. The highest BCUT2D eigenvalue weighted by Gasteiger charge is 1.95. The van der Waals surface area contributed by atoms with Crippen LogP contribution in [0.25, 0.3) is 0 Å². The van der Waals surface area contributed by atoms with Crippen molar-refractivity contribution in [3.63, 3.8) is 0 Å². The van der Waals surface area contributed by atoms with E-state index in [9.17, 15) is 4.79 Å². The normalized spacial score (nSPS) is 9.17. The van der Waals surface area contributed by atoms with Gasteiger partial charge < -0.3 is 9.47 Å². The zero-order valence-corrected chi connectivity index (χ0v) is 6.19. The van der Waals surface area contributed by atoms with Crippen LogP contribution in [0.15, 0.2) is 24.7 Å². The number of allylic oxidation sites excluding steroid dienone is 2. The Balaban J connectivity index is 3.64. The van der Waals surface area contributed by atoms with Crippen LogP contribution in [0.1, 0.15) is 0 Å². The second-order valence-electron chi connectivity index (χ2n) is 1.42. The van der Waals surface area contributed by atoms with Crippen molar-refractivity contribution >= 4 is 6.16 Å². The molecule has 0 heterocycles. The summed E-state index contributed by atoms with van der Waals surface area (Å²) in [5, 5.41) is 0. The minimum absolute atomic E-state index is 0.895. The zero-order valence-electron chi connectivity index (χ0n) is 6.19. The van der Waals surface area contributed by atoms with Gasteiger partial charge in [-0.2, -0.15) is 0 Å². The van der Waals surface area contributed by atoms with Crippen molar-refractivity contribution in [3.05, 3.63) is 24.7 Å². The predicted molar refractivity (Wildman–Crippen MR) is 43.5 cm³/mol. The van der Waals surface area contributed by atoms with Crippen LogP contribution >= 0.6 is 0 Å². The Hall–Kier alpha value is -2.13. The van der Waals surface area contributed by atoms with Gasteiger partial charge in [-0.3, -0.25) is 0 Å². The van der Waals surface area contributed by atoms with E-state index < -0.39 is 6.16 Å². The van der Waals surface area contributed by atoms with E-state index in [1.807, 2.05) is 0 Å². The van der Waals surface area contributed by atoms with Gasteiger partial charge in [0.25, 0.3) is 0 Å². The van der Waals surface area contributed by atoms with Crippen LogP contribution in [0.2, 0.25) is 0 Å². The van der Waals surface area contributed by atoms with Crippen molar-refractivity contribution in [2.45, 2.75) is 0 Å². The molecule has 3 heteroatoms. The average Bonchev–Trinajstić information content (AvgIpc) is 2.06. The summed E-state index contributed by atoms with van der Waals surface area (Å²) >= 11 is 0. The molecule has 0 aliphatic heterocycles. The Morgan fingerprint density at radius 3 is 1.83 bits per heavy atom. The highest BCUT2D eigenvalue weighted by molar-refractivity contribution is 5.61. The SMILES string of the molecule is C#CC=COC(=O)OC=CC#C. The summed E-state index contributed by atoms with van der Waals surface area (Å²) in [4.78, 5) is 10.5. The van der Waals surface area contributed by atoms with E-state index in [0.717, 1.165) is 12.5 Å². The molecule has 0 aromatic heterocycles. The van der Waals surface area contributed by atoms with Gasteiger partial charge >= 0.3 is 6.16 Å². The molecule has 0 rings (SSSR count). The molecule has 0 bridgehead atoms. The summed E-state index contributed by atoms with van der Waals surface area (Å²) in [6.45, 7) is 0. The van der Waals surface area contributed by atoms with E-state index in [1.54, 1.807) is 0 Å². The molecule has 0 amide bonds. The van der Waals surface area contributed by atoms with E-state index >= 15 is 0 Å².